The van der Waals surface area contributed by atoms with Crippen molar-refractivity contribution >= 4 is 66.6 Å². The number of fused-ring (bicyclic) bond motifs is 13. The topological polar surface area (TPSA) is 32.8 Å². The first-order valence-corrected chi connectivity index (χ1v) is 22.3. The lowest BCUT2D eigenvalue weighted by molar-refractivity contribution is 0.663. The van der Waals surface area contributed by atoms with Crippen molar-refractivity contribution < 1.29 is 8.83 Å². The minimum Gasteiger partial charge on any atom is -0.456 e. The molecule has 0 saturated heterocycles. The molecule has 14 rings (SSSR count). The Morgan fingerprint density at radius 3 is 1.42 bits per heavy atom. The molecular formula is C60H40N2O2. The first-order valence-electron chi connectivity index (χ1n) is 22.3. The smallest absolute Gasteiger partial charge is 0.147 e. The lowest BCUT2D eigenvalue weighted by Crippen LogP contribution is -2.28. The van der Waals surface area contributed by atoms with E-state index in [0.29, 0.717) is 11.8 Å². The van der Waals surface area contributed by atoms with Crippen molar-refractivity contribution in [2.45, 2.75) is 23.9 Å². The van der Waals surface area contributed by atoms with Gasteiger partial charge in [0.2, 0.25) is 0 Å². The van der Waals surface area contributed by atoms with Crippen LogP contribution in [0.4, 0.5) is 22.7 Å². The van der Waals surface area contributed by atoms with Gasteiger partial charge < -0.3 is 18.6 Å². The molecular weight excluding hydrogens is 781 g/mol. The summed E-state index contributed by atoms with van der Waals surface area (Å²) in [6, 6.07) is 62.3. The molecule has 302 valence electrons. The summed E-state index contributed by atoms with van der Waals surface area (Å²) in [6.45, 7) is 0. The SMILES string of the molecule is C1=CC2c3cc(-c4cccc(-c5ccc6oc7ccc8c9cc(-c%10ccc%11c(c%10)C%10C=CC=CC%10N%11c%10ccccc%10)ccc9oc8c7c6c5)c4)ccc3N(c3ccccc3)C2C=C1. The van der Waals surface area contributed by atoms with E-state index in [1.54, 1.807) is 0 Å². The van der Waals surface area contributed by atoms with Crippen molar-refractivity contribution in [3.63, 3.8) is 0 Å². The fourth-order valence-electron chi connectivity index (χ4n) is 11.2. The molecule has 0 spiro atoms. The molecule has 4 atom stereocenters. The van der Waals surface area contributed by atoms with E-state index in [4.69, 9.17) is 8.83 Å². The van der Waals surface area contributed by atoms with Crippen LogP contribution in [0.15, 0.2) is 227 Å². The summed E-state index contributed by atoms with van der Waals surface area (Å²) in [4.78, 5) is 4.96. The molecule has 10 aromatic rings. The Bertz CT molecular complexity index is 3660. The Labute approximate surface area is 370 Å². The summed E-state index contributed by atoms with van der Waals surface area (Å²) < 4.78 is 13.3. The molecule has 2 aliphatic heterocycles. The van der Waals surface area contributed by atoms with Gasteiger partial charge in [0, 0.05) is 50.7 Å². The third-order valence-electron chi connectivity index (χ3n) is 14.1. The molecule has 4 heteroatoms. The number of para-hydroxylation sites is 2. The van der Waals surface area contributed by atoms with Crippen molar-refractivity contribution in [3.05, 3.63) is 230 Å². The van der Waals surface area contributed by atoms with Crippen LogP contribution in [0.3, 0.4) is 0 Å². The van der Waals surface area contributed by atoms with Gasteiger partial charge in [-0.1, -0.05) is 127 Å². The van der Waals surface area contributed by atoms with Crippen molar-refractivity contribution in [3.8, 4) is 33.4 Å². The zero-order valence-electron chi connectivity index (χ0n) is 34.8. The molecule has 0 bridgehead atoms. The van der Waals surface area contributed by atoms with Crippen molar-refractivity contribution in [1.82, 2.24) is 0 Å². The normalized spacial score (nSPS) is 19.2. The summed E-state index contributed by atoms with van der Waals surface area (Å²) >= 11 is 0. The van der Waals surface area contributed by atoms with Gasteiger partial charge in [-0.05, 0) is 136 Å². The maximum Gasteiger partial charge on any atom is 0.147 e. The number of rotatable bonds is 5. The second-order valence-corrected chi connectivity index (χ2v) is 17.6. The minimum atomic E-state index is 0.256. The first kappa shape index (κ1) is 35.5. The molecule has 4 nitrogen and oxygen atoms in total. The summed E-state index contributed by atoms with van der Waals surface area (Å²) in [5.74, 6) is 0.589. The van der Waals surface area contributed by atoms with E-state index in [2.05, 4.69) is 228 Å². The quantitative estimate of drug-likeness (QED) is 0.173. The van der Waals surface area contributed by atoms with Crippen LogP contribution in [-0.4, -0.2) is 12.1 Å². The van der Waals surface area contributed by atoms with Gasteiger partial charge in [0.1, 0.15) is 22.3 Å². The summed E-state index contributed by atoms with van der Waals surface area (Å²) in [5, 5.41) is 4.25. The predicted molar refractivity (Wildman–Crippen MR) is 264 cm³/mol. The third-order valence-corrected chi connectivity index (χ3v) is 14.1. The standard InChI is InChI=1S/C60H40N2O2/c1-3-14-43(15-4-1)61-52-20-9-7-18-45(52)48-33-39(22-27-54(48)61)37-12-11-13-38(32-37)42-25-30-57-51(36-42)59-58(63-57)31-26-47-50-35-41(24-29-56(50)64-60(47)59)40-23-28-55-49(34-40)46-19-8-10-21-53(46)62(55)44-16-5-2-6-17-44/h1-36,45-46,52-53H. The van der Waals surface area contributed by atoms with E-state index >= 15 is 0 Å². The molecule has 4 unspecified atom stereocenters. The number of benzene rings is 8. The Morgan fingerprint density at radius 1 is 0.344 bits per heavy atom. The maximum atomic E-state index is 6.77. The molecule has 4 aliphatic rings. The van der Waals surface area contributed by atoms with Crippen LogP contribution < -0.4 is 9.80 Å². The van der Waals surface area contributed by atoms with Gasteiger partial charge in [0.05, 0.1) is 17.5 Å². The van der Waals surface area contributed by atoms with Gasteiger partial charge in [-0.25, -0.2) is 0 Å². The van der Waals surface area contributed by atoms with Crippen molar-refractivity contribution in [1.29, 1.82) is 0 Å². The molecule has 64 heavy (non-hydrogen) atoms. The van der Waals surface area contributed by atoms with Crippen LogP contribution in [-0.2, 0) is 0 Å². The zero-order valence-corrected chi connectivity index (χ0v) is 34.8. The number of anilines is 4. The van der Waals surface area contributed by atoms with E-state index < -0.39 is 0 Å². The van der Waals surface area contributed by atoms with Gasteiger partial charge in [-0.15, -0.1) is 0 Å². The van der Waals surface area contributed by atoms with Crippen molar-refractivity contribution in [2.24, 2.45) is 0 Å². The van der Waals surface area contributed by atoms with Gasteiger partial charge in [-0.3, -0.25) is 0 Å². The lowest BCUT2D eigenvalue weighted by Gasteiger charge is -2.28. The number of allylic oxidation sites excluding steroid dienone is 4. The highest BCUT2D eigenvalue weighted by Gasteiger charge is 2.39. The summed E-state index contributed by atoms with van der Waals surface area (Å²) in [7, 11) is 0. The largest absolute Gasteiger partial charge is 0.456 e. The molecule has 8 aromatic carbocycles. The van der Waals surface area contributed by atoms with E-state index in [-0.39, 0.29) is 12.1 Å². The van der Waals surface area contributed by atoms with Gasteiger partial charge >= 0.3 is 0 Å². The predicted octanol–water partition coefficient (Wildman–Crippen LogP) is 15.9. The number of hydrogen-bond acceptors (Lipinski definition) is 4. The Kier molecular flexibility index (Phi) is 7.61. The van der Waals surface area contributed by atoms with Gasteiger partial charge in [0.15, 0.2) is 0 Å². The molecule has 0 saturated carbocycles. The van der Waals surface area contributed by atoms with E-state index in [1.165, 1.54) is 56.1 Å². The van der Waals surface area contributed by atoms with Crippen LogP contribution in [0.1, 0.15) is 23.0 Å². The maximum absolute atomic E-state index is 6.77. The Balaban J connectivity index is 0.828. The number of furan rings is 2. The zero-order chi connectivity index (χ0) is 41.9. The van der Waals surface area contributed by atoms with Crippen LogP contribution in [0, 0.1) is 0 Å². The molecule has 2 aromatic heterocycles. The molecule has 2 aliphatic carbocycles. The van der Waals surface area contributed by atoms with Crippen LogP contribution >= 0.6 is 0 Å². The van der Waals surface area contributed by atoms with Crippen LogP contribution in [0.2, 0.25) is 0 Å². The Morgan fingerprint density at radius 2 is 0.828 bits per heavy atom. The lowest BCUT2D eigenvalue weighted by atomic mass is 9.89. The molecule has 0 fully saturated rings. The van der Waals surface area contributed by atoms with E-state index in [9.17, 15) is 0 Å². The second kappa shape index (κ2) is 13.7. The van der Waals surface area contributed by atoms with Gasteiger partial charge in [0.25, 0.3) is 0 Å². The second-order valence-electron chi connectivity index (χ2n) is 17.6. The number of nitrogens with zero attached hydrogens (tertiary/aromatic N) is 2. The molecule has 0 radical (unpaired) electrons. The monoisotopic (exact) mass is 820 g/mol. The van der Waals surface area contributed by atoms with Crippen LogP contribution in [0.25, 0.3) is 77.3 Å². The van der Waals surface area contributed by atoms with Gasteiger partial charge in [-0.2, -0.15) is 0 Å². The molecule has 4 heterocycles. The third kappa shape index (κ3) is 5.29. The fraction of sp³-hybridized carbons (Fsp3) is 0.0667. The molecule has 0 amide bonds. The van der Waals surface area contributed by atoms with E-state index in [0.717, 1.165) is 55.0 Å². The van der Waals surface area contributed by atoms with Crippen molar-refractivity contribution in [2.75, 3.05) is 9.80 Å². The number of hydrogen-bond donors (Lipinski definition) is 0. The summed E-state index contributed by atoms with van der Waals surface area (Å²) in [5.41, 5.74) is 18.2. The highest BCUT2D eigenvalue weighted by atomic mass is 16.3. The highest BCUT2D eigenvalue weighted by Crippen LogP contribution is 2.51. The summed E-state index contributed by atoms with van der Waals surface area (Å²) in [6.07, 6.45) is 18.1. The molecule has 0 N–H and O–H groups in total. The highest BCUT2D eigenvalue weighted by molar-refractivity contribution is 6.22. The van der Waals surface area contributed by atoms with Crippen LogP contribution in [0.5, 0.6) is 0 Å². The fourth-order valence-corrected chi connectivity index (χ4v) is 11.2. The Hall–Kier alpha value is -8.08. The van der Waals surface area contributed by atoms with E-state index in [1.807, 2.05) is 0 Å². The first-order chi connectivity index (χ1) is 31.7. The minimum absolute atomic E-state index is 0.256. The average molecular weight is 821 g/mol. The average Bonchev–Trinajstić information content (AvgIpc) is 4.11.